The van der Waals surface area contributed by atoms with E-state index in [0.29, 0.717) is 5.95 Å². The summed E-state index contributed by atoms with van der Waals surface area (Å²) in [7, 11) is -4.49. The number of benzene rings is 4. The summed E-state index contributed by atoms with van der Waals surface area (Å²) < 4.78 is 2.09. The Bertz CT molecular complexity index is 2300. The number of pyridine rings is 2. The Morgan fingerprint density at radius 2 is 0.922 bits per heavy atom. The quantitative estimate of drug-likeness (QED) is 0.146. The smallest absolute Gasteiger partial charge is 0.328 e. The van der Waals surface area contributed by atoms with Gasteiger partial charge in [-0.25, -0.2) is 15.0 Å². The van der Waals surface area contributed by atoms with Crippen molar-refractivity contribution in [2.75, 3.05) is 0 Å². The molecule has 8 aromatic rings. The summed E-state index contributed by atoms with van der Waals surface area (Å²) in [5.41, 5.74) is 5.69. The molecular weight excluding hydrogens is 1020 g/mol. The van der Waals surface area contributed by atoms with Crippen LogP contribution >= 0.6 is 0 Å². The third-order valence-corrected chi connectivity index (χ3v) is 16.0. The van der Waals surface area contributed by atoms with Crippen molar-refractivity contribution in [2.24, 2.45) is 0 Å². The van der Waals surface area contributed by atoms with Crippen molar-refractivity contribution in [3.63, 3.8) is 0 Å². The third-order valence-electron chi connectivity index (χ3n) is 9.43. The monoisotopic (exact) mass is 1050 g/mol. The number of nitrogens with zero attached hydrogens (tertiary/aromatic N) is 6. The van der Waals surface area contributed by atoms with Crippen molar-refractivity contribution in [2.45, 2.75) is 26.2 Å². The number of aromatic nitrogens is 6. The summed E-state index contributed by atoms with van der Waals surface area (Å²) in [5, 5.41) is 6.90. The van der Waals surface area contributed by atoms with Crippen LogP contribution in [0.25, 0.3) is 50.3 Å². The molecular formula is C41H32N6Pt2Si2. The van der Waals surface area contributed by atoms with Crippen LogP contribution in [0.15, 0.2) is 122 Å². The maximum atomic E-state index is 4.61. The molecule has 51 heavy (non-hydrogen) atoms. The molecule has 0 fully saturated rings. The van der Waals surface area contributed by atoms with Crippen LogP contribution in [-0.2, 0) is 42.1 Å². The molecule has 0 saturated carbocycles. The van der Waals surface area contributed by atoms with Gasteiger partial charge in [-0.15, -0.1) is 70.0 Å². The van der Waals surface area contributed by atoms with E-state index in [1.807, 2.05) is 48.8 Å². The Balaban J connectivity index is 0.00000224. The second kappa shape index (κ2) is 14.8. The molecule has 0 aliphatic heterocycles. The zero-order valence-electron chi connectivity index (χ0n) is 28.4. The number of fused-ring (bicyclic) bond motifs is 3. The van der Waals surface area contributed by atoms with Gasteiger partial charge in [0.25, 0.3) is 0 Å². The largest absolute Gasteiger partial charge is 2.00 e. The molecule has 0 atom stereocenters. The van der Waals surface area contributed by atoms with Crippen LogP contribution in [0.3, 0.4) is 0 Å². The van der Waals surface area contributed by atoms with Gasteiger partial charge in [-0.05, 0) is 23.5 Å². The predicted octanol–water partition coefficient (Wildman–Crippen LogP) is 5.93. The minimum Gasteiger partial charge on any atom is -0.328 e. The molecule has 6 nitrogen and oxygen atoms in total. The molecule has 8 rings (SSSR count). The molecule has 10 heteroatoms. The van der Waals surface area contributed by atoms with Crippen molar-refractivity contribution in [1.29, 1.82) is 0 Å². The van der Waals surface area contributed by atoms with Crippen molar-refractivity contribution < 1.29 is 42.1 Å². The fourth-order valence-corrected chi connectivity index (χ4v) is 10.8. The van der Waals surface area contributed by atoms with Crippen molar-refractivity contribution in [3.8, 4) is 28.5 Å². The van der Waals surface area contributed by atoms with Crippen molar-refractivity contribution >= 4 is 58.7 Å². The van der Waals surface area contributed by atoms with E-state index in [4.69, 9.17) is 0 Å². The summed E-state index contributed by atoms with van der Waals surface area (Å²) in [6, 6.07) is 48.7. The van der Waals surface area contributed by atoms with Crippen LogP contribution in [-0.4, -0.2) is 45.6 Å². The molecule has 0 bridgehead atoms. The molecule has 0 amide bonds. The van der Waals surface area contributed by atoms with E-state index in [1.54, 1.807) is 12.7 Å². The van der Waals surface area contributed by atoms with Crippen molar-refractivity contribution in [3.05, 3.63) is 146 Å². The summed E-state index contributed by atoms with van der Waals surface area (Å²) in [4.78, 5) is 22.5. The molecule has 0 unspecified atom stereocenters. The maximum Gasteiger partial charge on any atom is 2.00 e. The van der Waals surface area contributed by atoms with Gasteiger partial charge >= 0.3 is 42.1 Å². The molecule has 0 radical (unpaired) electrons. The van der Waals surface area contributed by atoms with E-state index >= 15 is 0 Å². The molecule has 0 saturated heterocycles. The van der Waals surface area contributed by atoms with Crippen LogP contribution in [0.2, 0.25) is 26.2 Å². The molecule has 0 N–H and O–H groups in total. The second-order valence-corrected chi connectivity index (χ2v) is 21.8. The zero-order chi connectivity index (χ0) is 33.6. The van der Waals surface area contributed by atoms with Crippen LogP contribution in [0.4, 0.5) is 0 Å². The Kier molecular flexibility index (Phi) is 10.6. The average molecular weight is 1060 g/mol. The molecule has 254 valence electrons. The van der Waals surface area contributed by atoms with E-state index < -0.39 is 16.1 Å². The first-order valence-electron chi connectivity index (χ1n) is 16.3. The second-order valence-electron chi connectivity index (χ2n) is 13.2. The first kappa shape index (κ1) is 36.6. The average Bonchev–Trinajstić information content (AvgIpc) is 3.49. The molecule has 4 heterocycles. The van der Waals surface area contributed by atoms with Crippen LogP contribution in [0.5, 0.6) is 0 Å². The Morgan fingerprint density at radius 3 is 1.35 bits per heavy atom. The van der Waals surface area contributed by atoms with E-state index in [2.05, 4.69) is 141 Å². The summed E-state index contributed by atoms with van der Waals surface area (Å²) in [6.45, 7) is 9.40. The SMILES string of the molecule is C[Si](C)(c1[c-]c(-c2ccccn2)ccc1)c1[c-]c2c(cc1)c1ccc([Si](C)(C)c3[c-]c(-c4ccccn4)ccc3)[c-]c1n2-c1ncncn1.[Pt+2].[Pt+2]. The summed E-state index contributed by atoms with van der Waals surface area (Å²) in [5.74, 6) is 0.545. The first-order chi connectivity index (χ1) is 23.8. The van der Waals surface area contributed by atoms with Gasteiger partial charge in [0.2, 0.25) is 5.95 Å². The molecule has 0 spiro atoms. The van der Waals surface area contributed by atoms with Crippen molar-refractivity contribution in [1.82, 2.24) is 29.5 Å². The summed E-state index contributed by atoms with van der Waals surface area (Å²) >= 11 is 0. The van der Waals surface area contributed by atoms with E-state index in [0.717, 1.165) is 44.3 Å². The number of rotatable bonds is 7. The first-order valence-corrected chi connectivity index (χ1v) is 22.3. The maximum absolute atomic E-state index is 4.61. The predicted molar refractivity (Wildman–Crippen MR) is 202 cm³/mol. The van der Waals surface area contributed by atoms with Gasteiger partial charge in [0.1, 0.15) is 12.7 Å². The zero-order valence-corrected chi connectivity index (χ0v) is 34.9. The van der Waals surface area contributed by atoms with Gasteiger partial charge in [-0.3, -0.25) is 0 Å². The molecule has 4 aromatic carbocycles. The molecule has 4 aromatic heterocycles. The molecule has 0 aliphatic carbocycles. The fourth-order valence-electron chi connectivity index (χ4n) is 6.44. The third kappa shape index (κ3) is 6.78. The van der Waals surface area contributed by atoms with Gasteiger partial charge in [0, 0.05) is 12.4 Å². The standard InChI is InChI=1S/C41H32N6Si2.2Pt/c1-48(2,31-13-9-11-29(23-31)37-15-5-7-21-43-37)33-17-19-35-36-20-18-34(26-40(36)47(39(35)25-33)41-45-27-42-28-46-41)49(3,4)32-14-10-12-30(24-32)38-16-6-8-22-44-38;;/h5-22,27-28H,1-4H3;;/q-4;2*+2. The topological polar surface area (TPSA) is 69.4 Å². The van der Waals surface area contributed by atoms with Gasteiger partial charge < -0.3 is 14.5 Å². The van der Waals surface area contributed by atoms with Crippen LogP contribution in [0.1, 0.15) is 0 Å². The minimum absolute atomic E-state index is 0. The number of hydrogen-bond acceptors (Lipinski definition) is 5. The minimum atomic E-state index is -2.25. The molecule has 0 aliphatic rings. The number of hydrogen-bond donors (Lipinski definition) is 0. The van der Waals surface area contributed by atoms with Crippen LogP contribution in [0, 0.1) is 24.3 Å². The van der Waals surface area contributed by atoms with E-state index in [1.165, 1.54) is 20.7 Å². The Labute approximate surface area is 329 Å². The summed E-state index contributed by atoms with van der Waals surface area (Å²) in [6.07, 6.45) is 6.73. The van der Waals surface area contributed by atoms with Crippen LogP contribution < -0.4 is 20.7 Å². The normalized spacial score (nSPS) is 11.6. The van der Waals surface area contributed by atoms with E-state index in [9.17, 15) is 0 Å². The Hall–Kier alpha value is -4.20. The fraction of sp³-hybridized carbons (Fsp3) is 0.0976. The van der Waals surface area contributed by atoms with Gasteiger partial charge in [-0.2, -0.15) is 57.5 Å². The van der Waals surface area contributed by atoms with Gasteiger partial charge in [0.15, 0.2) is 0 Å². The Morgan fingerprint density at radius 1 is 0.471 bits per heavy atom. The van der Waals surface area contributed by atoms with Gasteiger partial charge in [0.05, 0.1) is 16.1 Å². The van der Waals surface area contributed by atoms with E-state index in [-0.39, 0.29) is 42.1 Å². The van der Waals surface area contributed by atoms with Gasteiger partial charge in [-0.1, -0.05) is 61.5 Å².